The van der Waals surface area contributed by atoms with Crippen LogP contribution in [-0.4, -0.2) is 49.5 Å². The van der Waals surface area contributed by atoms with Crippen LogP contribution in [0.15, 0.2) is 36.4 Å². The van der Waals surface area contributed by atoms with Crippen LogP contribution >= 0.6 is 0 Å². The number of hydrogen-bond donors (Lipinski definition) is 1. The summed E-state index contributed by atoms with van der Waals surface area (Å²) in [5, 5.41) is 3.36. The van der Waals surface area contributed by atoms with Gasteiger partial charge in [0.05, 0.1) is 11.5 Å². The van der Waals surface area contributed by atoms with Gasteiger partial charge in [0, 0.05) is 31.3 Å². The van der Waals surface area contributed by atoms with Crippen molar-refractivity contribution >= 4 is 21.5 Å². The Kier molecular flexibility index (Phi) is 5.76. The van der Waals surface area contributed by atoms with Gasteiger partial charge in [-0.3, -0.25) is 0 Å². The molecule has 0 amide bonds. The fraction of sp³-hybridized carbons (Fsp3) is 0.474. The second-order valence-corrected chi connectivity index (χ2v) is 8.98. The largest absolute Gasteiger partial charge is 0.370 e. The molecule has 1 saturated heterocycles. The minimum atomic E-state index is -2.94. The van der Waals surface area contributed by atoms with Crippen LogP contribution in [0.2, 0.25) is 0 Å². The number of anilines is 2. The summed E-state index contributed by atoms with van der Waals surface area (Å²) in [6.45, 7) is 3.00. The predicted molar refractivity (Wildman–Crippen MR) is 106 cm³/mol. The number of unbranched alkanes of at least 4 members (excludes halogenated alkanes) is 1. The van der Waals surface area contributed by atoms with E-state index in [4.69, 9.17) is 4.98 Å². The van der Waals surface area contributed by atoms with Crippen LogP contribution in [0.3, 0.4) is 0 Å². The molecule has 1 aliphatic rings. The third kappa shape index (κ3) is 4.52. The van der Waals surface area contributed by atoms with E-state index in [1.807, 2.05) is 48.3 Å². The van der Waals surface area contributed by atoms with E-state index in [2.05, 4.69) is 17.2 Å². The topological polar surface area (TPSA) is 75.2 Å². The first-order valence-corrected chi connectivity index (χ1v) is 10.9. The maximum atomic E-state index is 11.8. The van der Waals surface area contributed by atoms with Crippen LogP contribution in [0.4, 0.5) is 11.6 Å². The molecule has 1 N–H and O–H groups in total. The molecule has 1 aromatic carbocycles. The highest BCUT2D eigenvalue weighted by molar-refractivity contribution is 7.91. The average Bonchev–Trinajstić information content (AvgIpc) is 3.01. The minimum Gasteiger partial charge on any atom is -0.370 e. The van der Waals surface area contributed by atoms with Gasteiger partial charge in [0.2, 0.25) is 0 Å². The van der Waals surface area contributed by atoms with Gasteiger partial charge in [-0.1, -0.05) is 43.7 Å². The first-order chi connectivity index (χ1) is 12.5. The molecule has 1 aliphatic heterocycles. The van der Waals surface area contributed by atoms with Crippen LogP contribution < -0.4 is 10.2 Å². The van der Waals surface area contributed by atoms with Gasteiger partial charge in [-0.25, -0.2) is 18.4 Å². The molecular weight excluding hydrogens is 348 g/mol. The number of hydrogen-bond acceptors (Lipinski definition) is 6. The van der Waals surface area contributed by atoms with Crippen molar-refractivity contribution in [2.45, 2.75) is 32.2 Å². The number of benzene rings is 1. The number of sulfone groups is 1. The van der Waals surface area contributed by atoms with Crippen molar-refractivity contribution < 1.29 is 8.42 Å². The Morgan fingerprint density at radius 3 is 2.65 bits per heavy atom. The number of rotatable bonds is 7. The fourth-order valence-corrected chi connectivity index (χ4v) is 4.86. The van der Waals surface area contributed by atoms with Crippen LogP contribution in [0.5, 0.6) is 0 Å². The van der Waals surface area contributed by atoms with Crippen molar-refractivity contribution in [2.75, 3.05) is 35.3 Å². The number of nitrogens with one attached hydrogen (secondary N) is 1. The van der Waals surface area contributed by atoms with Crippen LogP contribution in [-0.2, 0) is 9.84 Å². The van der Waals surface area contributed by atoms with Crippen LogP contribution in [0, 0.1) is 0 Å². The lowest BCUT2D eigenvalue weighted by atomic mass is 10.2. The van der Waals surface area contributed by atoms with Gasteiger partial charge in [0.15, 0.2) is 15.7 Å². The molecule has 0 radical (unpaired) electrons. The van der Waals surface area contributed by atoms with Gasteiger partial charge in [-0.15, -0.1) is 0 Å². The Morgan fingerprint density at radius 1 is 1.23 bits per heavy atom. The van der Waals surface area contributed by atoms with Crippen molar-refractivity contribution in [3.05, 3.63) is 36.4 Å². The molecule has 26 heavy (non-hydrogen) atoms. The van der Waals surface area contributed by atoms with Gasteiger partial charge in [-0.2, -0.15) is 0 Å². The van der Waals surface area contributed by atoms with E-state index in [-0.39, 0.29) is 17.5 Å². The summed E-state index contributed by atoms with van der Waals surface area (Å²) in [5.74, 6) is 2.61. The summed E-state index contributed by atoms with van der Waals surface area (Å²) >= 11 is 0. The van der Waals surface area contributed by atoms with E-state index in [0.717, 1.165) is 36.6 Å². The van der Waals surface area contributed by atoms with E-state index in [1.54, 1.807) is 0 Å². The molecule has 7 heteroatoms. The normalized spacial score (nSPS) is 18.6. The Bertz CT molecular complexity index is 840. The third-order valence-electron chi connectivity index (χ3n) is 4.70. The summed E-state index contributed by atoms with van der Waals surface area (Å²) in [6.07, 6.45) is 2.81. The maximum Gasteiger partial charge on any atom is 0.163 e. The number of aromatic nitrogens is 2. The van der Waals surface area contributed by atoms with Crippen molar-refractivity contribution in [3.8, 4) is 11.4 Å². The van der Waals surface area contributed by atoms with E-state index < -0.39 is 9.84 Å². The lowest BCUT2D eigenvalue weighted by molar-refractivity contribution is 0.600. The van der Waals surface area contributed by atoms with Gasteiger partial charge in [0.1, 0.15) is 11.6 Å². The van der Waals surface area contributed by atoms with E-state index in [9.17, 15) is 8.42 Å². The molecule has 0 spiro atoms. The molecule has 0 saturated carbocycles. The lowest BCUT2D eigenvalue weighted by Gasteiger charge is -2.25. The molecular formula is C19H26N4O2S. The van der Waals surface area contributed by atoms with Gasteiger partial charge < -0.3 is 10.2 Å². The molecule has 0 aliphatic carbocycles. The highest BCUT2D eigenvalue weighted by Gasteiger charge is 2.31. The Hall–Kier alpha value is -2.15. The lowest BCUT2D eigenvalue weighted by Crippen LogP contribution is -2.33. The fourth-order valence-electron chi connectivity index (χ4n) is 3.08. The summed E-state index contributed by atoms with van der Waals surface area (Å²) in [5.41, 5.74) is 0.945. The summed E-state index contributed by atoms with van der Waals surface area (Å²) in [6, 6.07) is 11.7. The predicted octanol–water partition coefficient (Wildman–Crippen LogP) is 2.98. The zero-order valence-electron chi connectivity index (χ0n) is 15.4. The molecule has 2 aromatic rings. The molecule has 0 bridgehead atoms. The smallest absolute Gasteiger partial charge is 0.163 e. The summed E-state index contributed by atoms with van der Waals surface area (Å²) in [4.78, 5) is 11.3. The van der Waals surface area contributed by atoms with E-state index >= 15 is 0 Å². The van der Waals surface area contributed by atoms with Gasteiger partial charge >= 0.3 is 0 Å². The standard InChI is InChI=1S/C19H26N4O2S/c1-3-4-11-20-17-13-18(23(2)16-10-12-26(24,25)14-16)22-19(21-17)15-8-6-5-7-9-15/h5-9,13,16H,3-4,10-12,14H2,1-2H3,(H,20,21,22). The molecule has 1 atom stereocenters. The zero-order chi connectivity index (χ0) is 18.6. The van der Waals surface area contributed by atoms with E-state index in [0.29, 0.717) is 12.2 Å². The Labute approximate surface area is 155 Å². The molecule has 2 heterocycles. The Morgan fingerprint density at radius 2 is 2.00 bits per heavy atom. The monoisotopic (exact) mass is 374 g/mol. The van der Waals surface area contributed by atoms with E-state index in [1.165, 1.54) is 0 Å². The molecule has 1 fully saturated rings. The first kappa shape index (κ1) is 18.6. The van der Waals surface area contributed by atoms with Crippen LogP contribution in [0.25, 0.3) is 11.4 Å². The summed E-state index contributed by atoms with van der Waals surface area (Å²) < 4.78 is 23.7. The van der Waals surface area contributed by atoms with Crippen molar-refractivity contribution in [2.24, 2.45) is 0 Å². The zero-order valence-corrected chi connectivity index (χ0v) is 16.2. The maximum absolute atomic E-state index is 11.8. The molecule has 140 valence electrons. The van der Waals surface area contributed by atoms with Crippen molar-refractivity contribution in [3.63, 3.8) is 0 Å². The van der Waals surface area contributed by atoms with Crippen molar-refractivity contribution in [1.29, 1.82) is 0 Å². The van der Waals surface area contributed by atoms with Gasteiger partial charge in [0.25, 0.3) is 0 Å². The second-order valence-electron chi connectivity index (χ2n) is 6.75. The molecule has 1 aromatic heterocycles. The van der Waals surface area contributed by atoms with Crippen molar-refractivity contribution in [1.82, 2.24) is 9.97 Å². The average molecular weight is 375 g/mol. The number of nitrogens with zero attached hydrogens (tertiary/aromatic N) is 3. The first-order valence-electron chi connectivity index (χ1n) is 9.10. The third-order valence-corrected chi connectivity index (χ3v) is 6.45. The second kappa shape index (κ2) is 8.03. The highest BCUT2D eigenvalue weighted by Crippen LogP contribution is 2.26. The van der Waals surface area contributed by atoms with Crippen LogP contribution in [0.1, 0.15) is 26.2 Å². The molecule has 6 nitrogen and oxygen atoms in total. The van der Waals surface area contributed by atoms with Gasteiger partial charge in [-0.05, 0) is 12.8 Å². The summed E-state index contributed by atoms with van der Waals surface area (Å²) in [7, 11) is -1.02. The Balaban J connectivity index is 1.91. The SMILES string of the molecule is CCCCNc1cc(N(C)C2CCS(=O)(=O)C2)nc(-c2ccccc2)n1. The quantitative estimate of drug-likeness (QED) is 0.751. The minimum absolute atomic E-state index is 0.0398. The molecule has 3 rings (SSSR count). The highest BCUT2D eigenvalue weighted by atomic mass is 32.2. The molecule has 1 unspecified atom stereocenters.